The Morgan fingerprint density at radius 1 is 0.929 bits per heavy atom. The summed E-state index contributed by atoms with van der Waals surface area (Å²) in [4.78, 5) is 11.6. The van der Waals surface area contributed by atoms with Gasteiger partial charge in [0.2, 0.25) is 0 Å². The number of halogens is 1. The second-order valence-electron chi connectivity index (χ2n) is 7.13. The number of nitrogens with zero attached hydrogens (tertiary/aromatic N) is 3. The first-order chi connectivity index (χ1) is 13.8. The minimum atomic E-state index is 0.176. The maximum atomic E-state index is 6.58. The molecule has 142 valence electrons. The largest absolute Gasteiger partial charge is 0.292 e. The summed E-state index contributed by atoms with van der Waals surface area (Å²) < 4.78 is 0. The minimum Gasteiger partial charge on any atom is -0.292 e. The minimum absolute atomic E-state index is 0.176. The number of aliphatic imine (C=N–C) groups is 1. The first kappa shape index (κ1) is 18.9. The first-order valence-electron chi connectivity index (χ1n) is 9.79. The van der Waals surface area contributed by atoms with Gasteiger partial charge in [-0.1, -0.05) is 66.2 Å². The van der Waals surface area contributed by atoms with Crippen molar-refractivity contribution in [3.63, 3.8) is 0 Å². The van der Waals surface area contributed by atoms with E-state index in [1.165, 1.54) is 11.1 Å². The summed E-state index contributed by atoms with van der Waals surface area (Å²) in [5.41, 5.74) is 3.37. The molecule has 3 nitrogen and oxygen atoms in total. The average Bonchev–Trinajstić information content (AvgIpc) is 2.76. The Kier molecular flexibility index (Phi) is 6.15. The summed E-state index contributed by atoms with van der Waals surface area (Å²) in [7, 11) is 0. The second kappa shape index (κ2) is 9.13. The number of pyridine rings is 1. The van der Waals surface area contributed by atoms with E-state index in [9.17, 15) is 0 Å². The molecule has 1 atom stereocenters. The molecule has 3 aromatic rings. The molecule has 1 aliphatic rings. The van der Waals surface area contributed by atoms with Gasteiger partial charge in [0.15, 0.2) is 0 Å². The van der Waals surface area contributed by atoms with Crippen molar-refractivity contribution < 1.29 is 0 Å². The number of hydrogen-bond acceptors (Lipinski definition) is 3. The Morgan fingerprint density at radius 2 is 1.64 bits per heavy atom. The first-order valence-corrected chi connectivity index (χ1v) is 10.2. The lowest BCUT2D eigenvalue weighted by molar-refractivity contribution is 0.175. The number of hydrogen-bond donors (Lipinski definition) is 0. The van der Waals surface area contributed by atoms with Crippen LogP contribution in [0.25, 0.3) is 0 Å². The molecule has 0 radical (unpaired) electrons. The summed E-state index contributed by atoms with van der Waals surface area (Å²) in [6.07, 6.45) is 5.79. The van der Waals surface area contributed by atoms with Gasteiger partial charge < -0.3 is 0 Å². The lowest BCUT2D eigenvalue weighted by Gasteiger charge is -2.37. The van der Waals surface area contributed by atoms with Crippen LogP contribution in [-0.2, 0) is 0 Å². The summed E-state index contributed by atoms with van der Waals surface area (Å²) >= 11 is 6.58. The fraction of sp³-hybridized carbons (Fsp3) is 0.250. The Hall–Kier alpha value is -2.49. The highest BCUT2D eigenvalue weighted by molar-refractivity contribution is 6.31. The molecule has 2 aromatic carbocycles. The Bertz CT molecular complexity index is 903. The van der Waals surface area contributed by atoms with E-state index in [1.807, 2.05) is 36.5 Å². The van der Waals surface area contributed by atoms with Crippen molar-refractivity contribution in [2.45, 2.75) is 24.9 Å². The standard InChI is InChI=1S/C24H24ClN3/c25-23-12-5-4-11-22(23)24(19-8-2-1-3-9-19)28-16-13-20(14-17-28)27-18-21-10-6-7-15-26-21/h1-12,15,18,20,24H,13-14,16-17H2/b27-18+. The molecule has 0 saturated carbocycles. The number of piperidine rings is 1. The van der Waals surface area contributed by atoms with E-state index in [2.05, 4.69) is 52.3 Å². The highest BCUT2D eigenvalue weighted by Gasteiger charge is 2.28. The van der Waals surface area contributed by atoms with Crippen molar-refractivity contribution in [1.82, 2.24) is 9.88 Å². The summed E-state index contributed by atoms with van der Waals surface area (Å²) in [5.74, 6) is 0. The quantitative estimate of drug-likeness (QED) is 0.546. The van der Waals surface area contributed by atoms with Gasteiger partial charge in [-0.2, -0.15) is 0 Å². The van der Waals surface area contributed by atoms with Gasteiger partial charge in [0.05, 0.1) is 17.8 Å². The number of aromatic nitrogens is 1. The molecule has 0 spiro atoms. The van der Waals surface area contributed by atoms with Crippen LogP contribution in [0.4, 0.5) is 0 Å². The number of rotatable bonds is 5. The molecule has 1 saturated heterocycles. The molecule has 1 aromatic heterocycles. The van der Waals surface area contributed by atoms with Crippen LogP contribution in [-0.4, -0.2) is 35.2 Å². The molecule has 1 unspecified atom stereocenters. The van der Waals surface area contributed by atoms with E-state index in [0.717, 1.165) is 36.6 Å². The van der Waals surface area contributed by atoms with Crippen LogP contribution >= 0.6 is 11.6 Å². The maximum Gasteiger partial charge on any atom is 0.0807 e. The zero-order valence-electron chi connectivity index (χ0n) is 15.8. The van der Waals surface area contributed by atoms with E-state index < -0.39 is 0 Å². The third kappa shape index (κ3) is 4.49. The molecule has 1 aliphatic heterocycles. The van der Waals surface area contributed by atoms with Crippen molar-refractivity contribution in [3.8, 4) is 0 Å². The van der Waals surface area contributed by atoms with Gasteiger partial charge in [-0.25, -0.2) is 0 Å². The van der Waals surface area contributed by atoms with Crippen molar-refractivity contribution in [2.24, 2.45) is 4.99 Å². The zero-order chi connectivity index (χ0) is 19.2. The zero-order valence-corrected chi connectivity index (χ0v) is 16.5. The molecule has 28 heavy (non-hydrogen) atoms. The van der Waals surface area contributed by atoms with E-state index in [1.54, 1.807) is 6.20 Å². The van der Waals surface area contributed by atoms with Gasteiger partial charge in [-0.05, 0) is 42.2 Å². The molecule has 0 N–H and O–H groups in total. The second-order valence-corrected chi connectivity index (χ2v) is 7.54. The molecule has 0 bridgehead atoms. The molecule has 2 heterocycles. The van der Waals surface area contributed by atoms with Crippen molar-refractivity contribution >= 4 is 17.8 Å². The number of likely N-dealkylation sites (tertiary alicyclic amines) is 1. The van der Waals surface area contributed by atoms with Crippen molar-refractivity contribution in [1.29, 1.82) is 0 Å². The third-order valence-corrected chi connectivity index (χ3v) is 5.63. The van der Waals surface area contributed by atoms with Crippen molar-refractivity contribution in [3.05, 3.63) is 101 Å². The van der Waals surface area contributed by atoms with Gasteiger partial charge in [0, 0.05) is 30.5 Å². The third-order valence-electron chi connectivity index (χ3n) is 5.28. The van der Waals surface area contributed by atoms with Crippen LogP contribution < -0.4 is 0 Å². The van der Waals surface area contributed by atoms with E-state index in [-0.39, 0.29) is 6.04 Å². The molecular formula is C24H24ClN3. The summed E-state index contributed by atoms with van der Waals surface area (Å²) in [6.45, 7) is 1.99. The highest BCUT2D eigenvalue weighted by Crippen LogP contribution is 2.35. The van der Waals surface area contributed by atoms with E-state index in [0.29, 0.717) is 6.04 Å². The number of benzene rings is 2. The van der Waals surface area contributed by atoms with Gasteiger partial charge in [0.25, 0.3) is 0 Å². The van der Waals surface area contributed by atoms with Crippen LogP contribution in [0.3, 0.4) is 0 Å². The molecule has 0 aliphatic carbocycles. The molecule has 4 heteroatoms. The van der Waals surface area contributed by atoms with E-state index >= 15 is 0 Å². The predicted octanol–water partition coefficient (Wildman–Crippen LogP) is 5.41. The van der Waals surface area contributed by atoms with E-state index in [4.69, 9.17) is 16.6 Å². The Morgan fingerprint density at radius 3 is 2.36 bits per heavy atom. The molecule has 0 amide bonds. The predicted molar refractivity (Wildman–Crippen MR) is 116 cm³/mol. The average molecular weight is 390 g/mol. The van der Waals surface area contributed by atoms with Crippen LogP contribution in [0.15, 0.2) is 84.0 Å². The van der Waals surface area contributed by atoms with Crippen LogP contribution in [0.1, 0.15) is 35.7 Å². The normalized spacial score (nSPS) is 17.0. The molecule has 4 rings (SSSR count). The lowest BCUT2D eigenvalue weighted by Crippen LogP contribution is -2.38. The Balaban J connectivity index is 1.50. The van der Waals surface area contributed by atoms with Gasteiger partial charge in [-0.3, -0.25) is 14.9 Å². The van der Waals surface area contributed by atoms with Gasteiger partial charge in [-0.15, -0.1) is 0 Å². The van der Waals surface area contributed by atoms with Gasteiger partial charge in [0.1, 0.15) is 0 Å². The van der Waals surface area contributed by atoms with Crippen LogP contribution in [0.5, 0.6) is 0 Å². The van der Waals surface area contributed by atoms with Crippen LogP contribution in [0, 0.1) is 0 Å². The fourth-order valence-electron chi connectivity index (χ4n) is 3.85. The smallest absolute Gasteiger partial charge is 0.0807 e. The van der Waals surface area contributed by atoms with Gasteiger partial charge >= 0.3 is 0 Å². The fourth-order valence-corrected chi connectivity index (χ4v) is 4.09. The highest BCUT2D eigenvalue weighted by atomic mass is 35.5. The van der Waals surface area contributed by atoms with Crippen LogP contribution in [0.2, 0.25) is 5.02 Å². The lowest BCUT2D eigenvalue weighted by atomic mass is 9.94. The monoisotopic (exact) mass is 389 g/mol. The Labute approximate surface area is 171 Å². The van der Waals surface area contributed by atoms with Crippen molar-refractivity contribution in [2.75, 3.05) is 13.1 Å². The summed E-state index contributed by atoms with van der Waals surface area (Å²) in [5, 5.41) is 0.826. The SMILES string of the molecule is Clc1ccccc1C(c1ccccc1)N1CCC(/N=C/c2ccccn2)CC1. The maximum absolute atomic E-state index is 6.58. The summed E-state index contributed by atoms with van der Waals surface area (Å²) in [6, 6.07) is 25.3. The molecule has 1 fully saturated rings. The topological polar surface area (TPSA) is 28.5 Å². The molecular weight excluding hydrogens is 366 g/mol.